The summed E-state index contributed by atoms with van der Waals surface area (Å²) in [4.78, 5) is 62.4. The number of alkyl carbamates (subject to hydrolysis) is 2. The van der Waals surface area contributed by atoms with E-state index < -0.39 is 53.1 Å². The molecule has 41 heavy (non-hydrogen) atoms. The highest BCUT2D eigenvalue weighted by atomic mass is 16.6. The van der Waals surface area contributed by atoms with Crippen LogP contribution in [0, 0.1) is 0 Å². The smallest absolute Gasteiger partial charge is 0.411 e. The number of nitrogens with one attached hydrogen (secondary N) is 3. The topological polar surface area (TPSA) is 204 Å². The van der Waals surface area contributed by atoms with Gasteiger partial charge in [0.15, 0.2) is 0 Å². The van der Waals surface area contributed by atoms with Gasteiger partial charge in [0.1, 0.15) is 22.8 Å². The van der Waals surface area contributed by atoms with Crippen molar-refractivity contribution in [3.8, 4) is 0 Å². The second-order valence-electron chi connectivity index (χ2n) is 12.6. The van der Waals surface area contributed by atoms with Crippen molar-refractivity contribution in [1.82, 2.24) is 20.9 Å². The fraction of sp³-hybridized carbons (Fsp3) is 0.815. The minimum absolute atomic E-state index is 0.00763. The molecule has 0 fully saturated rings. The van der Waals surface area contributed by atoms with Crippen molar-refractivity contribution in [2.24, 2.45) is 11.5 Å². The summed E-state index contributed by atoms with van der Waals surface area (Å²) in [6, 6.07) is -1.84. The SMILES string of the molecule is CC(C)(C)OC(=O)NCCC[C@H](N)C(=O)NCCC[C@@H](C(N)=O)N(CCNC(=O)OC(C)(C)C)C(=O)OC(C)(C)C. The number of rotatable bonds is 14. The summed E-state index contributed by atoms with van der Waals surface area (Å²) in [7, 11) is 0. The molecule has 0 bridgehead atoms. The van der Waals surface area contributed by atoms with Gasteiger partial charge in [-0.25, -0.2) is 14.4 Å². The van der Waals surface area contributed by atoms with Crippen molar-refractivity contribution in [2.45, 2.75) is 117 Å². The molecule has 238 valence electrons. The molecule has 0 saturated carbocycles. The first kappa shape index (κ1) is 37.7. The zero-order valence-corrected chi connectivity index (χ0v) is 26.2. The summed E-state index contributed by atoms with van der Waals surface area (Å²) in [5.74, 6) is -1.14. The first-order valence-electron chi connectivity index (χ1n) is 13.9. The number of nitrogens with zero attached hydrogens (tertiary/aromatic N) is 1. The van der Waals surface area contributed by atoms with E-state index in [1.54, 1.807) is 62.3 Å². The van der Waals surface area contributed by atoms with Gasteiger partial charge < -0.3 is 41.6 Å². The molecule has 5 amide bonds. The summed E-state index contributed by atoms with van der Waals surface area (Å²) < 4.78 is 15.8. The zero-order chi connectivity index (χ0) is 32.0. The van der Waals surface area contributed by atoms with Gasteiger partial charge in [-0.2, -0.15) is 0 Å². The van der Waals surface area contributed by atoms with Crippen molar-refractivity contribution in [3.05, 3.63) is 0 Å². The molecule has 0 aromatic heterocycles. The van der Waals surface area contributed by atoms with Crippen LogP contribution in [0.2, 0.25) is 0 Å². The quantitative estimate of drug-likeness (QED) is 0.149. The van der Waals surface area contributed by atoms with Crippen molar-refractivity contribution in [3.63, 3.8) is 0 Å². The molecule has 0 aliphatic rings. The van der Waals surface area contributed by atoms with Gasteiger partial charge in [0.2, 0.25) is 11.8 Å². The van der Waals surface area contributed by atoms with E-state index in [1.807, 2.05) is 0 Å². The molecule has 0 heterocycles. The molecule has 2 atom stereocenters. The first-order chi connectivity index (χ1) is 18.6. The Morgan fingerprint density at radius 3 is 1.59 bits per heavy atom. The van der Waals surface area contributed by atoms with E-state index in [1.165, 1.54) is 0 Å². The number of amides is 5. The van der Waals surface area contributed by atoms with Crippen LogP contribution in [0.4, 0.5) is 14.4 Å². The van der Waals surface area contributed by atoms with E-state index in [4.69, 9.17) is 25.7 Å². The molecule has 0 aliphatic carbocycles. The van der Waals surface area contributed by atoms with Crippen molar-refractivity contribution < 1.29 is 38.2 Å². The van der Waals surface area contributed by atoms with Crippen LogP contribution in [0.15, 0.2) is 0 Å². The number of carbonyl (C=O) groups excluding carboxylic acids is 5. The molecule has 0 aromatic carbocycles. The van der Waals surface area contributed by atoms with Gasteiger partial charge in [-0.3, -0.25) is 14.5 Å². The normalized spacial score (nSPS) is 13.3. The molecular formula is C27H52N6O8. The fourth-order valence-electron chi connectivity index (χ4n) is 3.33. The monoisotopic (exact) mass is 588 g/mol. The van der Waals surface area contributed by atoms with Crippen molar-refractivity contribution in [2.75, 3.05) is 26.2 Å². The lowest BCUT2D eigenvalue weighted by atomic mass is 10.1. The van der Waals surface area contributed by atoms with E-state index in [2.05, 4.69) is 16.0 Å². The highest BCUT2D eigenvalue weighted by Crippen LogP contribution is 2.15. The van der Waals surface area contributed by atoms with Gasteiger partial charge in [-0.1, -0.05) is 0 Å². The molecule has 0 aromatic rings. The van der Waals surface area contributed by atoms with E-state index in [-0.39, 0.29) is 32.0 Å². The lowest BCUT2D eigenvalue weighted by Gasteiger charge is -2.32. The van der Waals surface area contributed by atoms with E-state index in [0.717, 1.165) is 4.90 Å². The van der Waals surface area contributed by atoms with Crippen LogP contribution in [-0.4, -0.2) is 90.1 Å². The molecule has 0 radical (unpaired) electrons. The third-order valence-electron chi connectivity index (χ3n) is 5.00. The number of ether oxygens (including phenoxy) is 3. The van der Waals surface area contributed by atoms with Crippen LogP contribution in [-0.2, 0) is 23.8 Å². The summed E-state index contributed by atoms with van der Waals surface area (Å²) >= 11 is 0. The Hall–Kier alpha value is -3.29. The third-order valence-corrected chi connectivity index (χ3v) is 5.00. The maximum Gasteiger partial charge on any atom is 0.411 e. The Morgan fingerprint density at radius 2 is 1.12 bits per heavy atom. The standard InChI is InChI=1S/C27H52N6O8/c1-25(2,3)39-22(36)31-15-10-12-18(28)21(35)30-14-11-13-19(20(29)34)33(24(38)41-27(7,8)9)17-16-32-23(37)40-26(4,5)6/h18-19H,10-17,28H2,1-9H3,(H2,29,34)(H,30,35)(H,31,36)(H,32,37)/t18-,19-/m0/s1. The highest BCUT2D eigenvalue weighted by Gasteiger charge is 2.31. The maximum atomic E-state index is 12.9. The fourth-order valence-corrected chi connectivity index (χ4v) is 3.33. The molecule has 14 heteroatoms. The van der Waals surface area contributed by atoms with Crippen LogP contribution in [0.5, 0.6) is 0 Å². The first-order valence-corrected chi connectivity index (χ1v) is 13.9. The third kappa shape index (κ3) is 19.4. The van der Waals surface area contributed by atoms with E-state index >= 15 is 0 Å². The summed E-state index contributed by atoms with van der Waals surface area (Å²) in [6.07, 6.45) is -0.722. The Bertz CT molecular complexity index is 877. The van der Waals surface area contributed by atoms with Crippen LogP contribution in [0.1, 0.15) is 88.0 Å². The van der Waals surface area contributed by atoms with E-state index in [0.29, 0.717) is 25.8 Å². The molecule has 0 saturated heterocycles. The van der Waals surface area contributed by atoms with Crippen LogP contribution >= 0.6 is 0 Å². The average Bonchev–Trinajstić information content (AvgIpc) is 2.76. The summed E-state index contributed by atoms with van der Waals surface area (Å²) in [5, 5.41) is 7.86. The minimum atomic E-state index is -1.05. The van der Waals surface area contributed by atoms with Gasteiger partial charge in [-0.15, -0.1) is 0 Å². The number of primary amides is 1. The number of hydrogen-bond donors (Lipinski definition) is 5. The molecule has 0 unspecified atom stereocenters. The van der Waals surface area contributed by atoms with Gasteiger partial charge in [0, 0.05) is 26.2 Å². The lowest BCUT2D eigenvalue weighted by Crippen LogP contribution is -2.52. The molecule has 0 rings (SSSR count). The van der Waals surface area contributed by atoms with Crippen molar-refractivity contribution in [1.29, 1.82) is 0 Å². The Labute approximate surface area is 243 Å². The van der Waals surface area contributed by atoms with Crippen LogP contribution < -0.4 is 27.4 Å². The van der Waals surface area contributed by atoms with Gasteiger partial charge in [-0.05, 0) is 88.0 Å². The second-order valence-corrected chi connectivity index (χ2v) is 12.6. The molecule has 0 spiro atoms. The lowest BCUT2D eigenvalue weighted by molar-refractivity contribution is -0.123. The van der Waals surface area contributed by atoms with Crippen LogP contribution in [0.25, 0.3) is 0 Å². The summed E-state index contributed by atoms with van der Waals surface area (Å²) in [5.41, 5.74) is 9.43. The zero-order valence-electron chi connectivity index (χ0n) is 26.2. The Kier molecular flexibility index (Phi) is 15.5. The molecule has 0 aliphatic heterocycles. The Balaban J connectivity index is 4.89. The average molecular weight is 589 g/mol. The van der Waals surface area contributed by atoms with E-state index in [9.17, 15) is 24.0 Å². The largest absolute Gasteiger partial charge is 0.444 e. The van der Waals surface area contributed by atoms with Gasteiger partial charge >= 0.3 is 18.3 Å². The van der Waals surface area contributed by atoms with Gasteiger partial charge in [0.25, 0.3) is 0 Å². The number of carbonyl (C=O) groups is 5. The second kappa shape index (κ2) is 16.8. The minimum Gasteiger partial charge on any atom is -0.444 e. The molecule has 7 N–H and O–H groups in total. The molecule has 14 nitrogen and oxygen atoms in total. The highest BCUT2D eigenvalue weighted by molar-refractivity contribution is 5.84. The predicted octanol–water partition coefficient (Wildman–Crippen LogP) is 2.13. The predicted molar refractivity (Wildman–Crippen MR) is 154 cm³/mol. The number of nitrogens with two attached hydrogens (primary N) is 2. The Morgan fingerprint density at radius 1 is 0.683 bits per heavy atom. The molecular weight excluding hydrogens is 536 g/mol. The summed E-state index contributed by atoms with van der Waals surface area (Å²) in [6.45, 7) is 15.9. The van der Waals surface area contributed by atoms with Crippen molar-refractivity contribution >= 4 is 30.1 Å². The van der Waals surface area contributed by atoms with Crippen LogP contribution in [0.3, 0.4) is 0 Å². The number of hydrogen-bond acceptors (Lipinski definition) is 9. The maximum absolute atomic E-state index is 12.9. The van der Waals surface area contributed by atoms with Gasteiger partial charge in [0.05, 0.1) is 6.04 Å².